The maximum absolute atomic E-state index is 12.5. The van der Waals surface area contributed by atoms with Crippen molar-refractivity contribution in [3.63, 3.8) is 0 Å². The third-order valence-corrected chi connectivity index (χ3v) is 4.53. The Morgan fingerprint density at radius 3 is 2.80 bits per heavy atom. The van der Waals surface area contributed by atoms with E-state index >= 15 is 0 Å². The Labute approximate surface area is 145 Å². The predicted octanol–water partition coefficient (Wildman–Crippen LogP) is 2.62. The van der Waals surface area contributed by atoms with E-state index in [0.717, 1.165) is 28.9 Å². The Hall–Kier alpha value is -2.89. The summed E-state index contributed by atoms with van der Waals surface area (Å²) in [6, 6.07) is 7.81. The molecule has 6 nitrogen and oxygen atoms in total. The summed E-state index contributed by atoms with van der Waals surface area (Å²) in [5.74, 6) is -0.118. The van der Waals surface area contributed by atoms with Gasteiger partial charge in [-0.1, -0.05) is 19.1 Å². The van der Waals surface area contributed by atoms with E-state index in [1.165, 1.54) is 10.2 Å². The van der Waals surface area contributed by atoms with Crippen molar-refractivity contribution in [2.24, 2.45) is 7.05 Å². The average molecular weight is 338 g/mol. The molecule has 3 aromatic rings. The van der Waals surface area contributed by atoms with E-state index in [0.29, 0.717) is 11.0 Å². The van der Waals surface area contributed by atoms with Crippen molar-refractivity contribution < 1.29 is 4.79 Å². The number of fused-ring (bicyclic) bond motifs is 1. The molecule has 25 heavy (non-hydrogen) atoms. The highest BCUT2D eigenvalue weighted by Crippen LogP contribution is 2.20. The van der Waals surface area contributed by atoms with Crippen LogP contribution in [0.25, 0.3) is 11.0 Å². The van der Waals surface area contributed by atoms with Gasteiger partial charge >= 0.3 is 0 Å². The van der Waals surface area contributed by atoms with Gasteiger partial charge in [-0.15, -0.1) is 0 Å². The van der Waals surface area contributed by atoms with Crippen LogP contribution in [0.4, 0.5) is 5.69 Å². The first-order chi connectivity index (χ1) is 11.9. The maximum atomic E-state index is 12.5. The largest absolute Gasteiger partial charge is 0.326 e. The van der Waals surface area contributed by atoms with Gasteiger partial charge in [0.25, 0.3) is 5.56 Å². The first-order valence-corrected chi connectivity index (χ1v) is 8.34. The van der Waals surface area contributed by atoms with E-state index in [-0.39, 0.29) is 17.9 Å². The number of hydrogen-bond donors (Lipinski definition) is 2. The molecule has 1 amide bonds. The highest BCUT2D eigenvalue weighted by Gasteiger charge is 2.17. The lowest BCUT2D eigenvalue weighted by atomic mass is 10.0. The van der Waals surface area contributed by atoms with Crippen LogP contribution in [0.5, 0.6) is 0 Å². The number of carbonyl (C=O) groups excluding carboxylic acids is 1. The van der Waals surface area contributed by atoms with E-state index in [1.807, 2.05) is 38.1 Å². The Bertz CT molecular complexity index is 1010. The Morgan fingerprint density at radius 2 is 2.08 bits per heavy atom. The van der Waals surface area contributed by atoms with Crippen LogP contribution in [0.15, 0.2) is 29.1 Å². The number of benzene rings is 1. The number of aromatic amines is 1. The zero-order valence-corrected chi connectivity index (χ0v) is 14.9. The van der Waals surface area contributed by atoms with Crippen molar-refractivity contribution in [1.82, 2.24) is 14.8 Å². The van der Waals surface area contributed by atoms with Crippen molar-refractivity contribution in [3.8, 4) is 0 Å². The number of rotatable bonds is 4. The second-order valence-corrected chi connectivity index (χ2v) is 6.28. The third kappa shape index (κ3) is 3.20. The molecule has 2 aromatic heterocycles. The molecule has 0 saturated heterocycles. The van der Waals surface area contributed by atoms with Gasteiger partial charge in [0.15, 0.2) is 5.65 Å². The van der Waals surface area contributed by atoms with E-state index in [2.05, 4.69) is 22.3 Å². The van der Waals surface area contributed by atoms with E-state index in [9.17, 15) is 9.59 Å². The Kier molecular flexibility index (Phi) is 4.44. The molecule has 0 aliphatic heterocycles. The topological polar surface area (TPSA) is 79.8 Å². The number of H-pyrrole nitrogens is 1. The minimum absolute atomic E-state index is 0.118. The summed E-state index contributed by atoms with van der Waals surface area (Å²) in [7, 11) is 1.66. The molecule has 130 valence electrons. The number of hydrogen-bond acceptors (Lipinski definition) is 3. The van der Waals surface area contributed by atoms with Crippen molar-refractivity contribution in [2.45, 2.75) is 33.6 Å². The fraction of sp³-hybridized carbons (Fsp3) is 0.316. The predicted molar refractivity (Wildman–Crippen MR) is 99.0 cm³/mol. The first-order valence-electron chi connectivity index (χ1n) is 8.34. The summed E-state index contributed by atoms with van der Waals surface area (Å²) in [4.78, 5) is 29.2. The molecule has 0 bridgehead atoms. The van der Waals surface area contributed by atoms with Crippen molar-refractivity contribution >= 4 is 22.6 Å². The molecule has 3 rings (SSSR count). The molecule has 6 heteroatoms. The smallest absolute Gasteiger partial charge is 0.276 e. The standard InChI is InChI=1S/C19H22N4O2/c1-5-13-7-6-8-14(9-13)21-16(24)10-15-11(2)17-18(20-12(15)3)22-23(4)19(17)25/h6-9H,5,10H2,1-4H3,(H,20,22)(H,21,24). The third-order valence-electron chi connectivity index (χ3n) is 4.53. The lowest BCUT2D eigenvalue weighted by molar-refractivity contribution is -0.115. The first kappa shape index (κ1) is 17.0. The number of nitrogens with zero attached hydrogens (tertiary/aromatic N) is 2. The molecule has 2 heterocycles. The quantitative estimate of drug-likeness (QED) is 0.767. The Balaban J connectivity index is 1.90. The van der Waals surface area contributed by atoms with Gasteiger partial charge in [-0.05, 0) is 49.1 Å². The van der Waals surface area contributed by atoms with Gasteiger partial charge in [0, 0.05) is 18.4 Å². The van der Waals surface area contributed by atoms with Gasteiger partial charge in [0.1, 0.15) is 0 Å². The molecular formula is C19H22N4O2. The highest BCUT2D eigenvalue weighted by molar-refractivity contribution is 5.93. The van der Waals surface area contributed by atoms with Gasteiger partial charge in [-0.25, -0.2) is 4.98 Å². The van der Waals surface area contributed by atoms with E-state index in [4.69, 9.17) is 0 Å². The number of aromatic nitrogens is 3. The van der Waals surface area contributed by atoms with Crippen LogP contribution in [0, 0.1) is 13.8 Å². The van der Waals surface area contributed by atoms with Gasteiger partial charge in [0.05, 0.1) is 11.8 Å². The lowest BCUT2D eigenvalue weighted by Crippen LogP contribution is -2.17. The summed E-state index contributed by atoms with van der Waals surface area (Å²) in [6.07, 6.45) is 1.10. The molecule has 0 spiro atoms. The number of aryl methyl sites for hydroxylation is 4. The lowest BCUT2D eigenvalue weighted by Gasteiger charge is -2.11. The molecule has 0 fully saturated rings. The molecular weight excluding hydrogens is 316 g/mol. The SMILES string of the molecule is CCc1cccc(NC(=O)Cc2c(C)nc3[nH]n(C)c(=O)c3c2C)c1. The van der Waals surface area contributed by atoms with Crippen LogP contribution in [-0.2, 0) is 24.7 Å². The summed E-state index contributed by atoms with van der Waals surface area (Å²) in [5.41, 5.74) is 4.74. The van der Waals surface area contributed by atoms with Crippen LogP contribution in [0.3, 0.4) is 0 Å². The molecule has 0 saturated carbocycles. The highest BCUT2D eigenvalue weighted by atomic mass is 16.1. The van der Waals surface area contributed by atoms with Crippen molar-refractivity contribution in [3.05, 3.63) is 57.0 Å². The molecule has 0 aliphatic carbocycles. The minimum Gasteiger partial charge on any atom is -0.326 e. The van der Waals surface area contributed by atoms with Gasteiger partial charge in [-0.3, -0.25) is 19.4 Å². The minimum atomic E-state index is -0.127. The average Bonchev–Trinajstić information content (AvgIpc) is 2.86. The zero-order valence-electron chi connectivity index (χ0n) is 14.9. The summed E-state index contributed by atoms with van der Waals surface area (Å²) < 4.78 is 1.41. The van der Waals surface area contributed by atoms with E-state index in [1.54, 1.807) is 7.05 Å². The summed E-state index contributed by atoms with van der Waals surface area (Å²) in [5, 5.41) is 6.41. The number of carbonyl (C=O) groups is 1. The normalized spacial score (nSPS) is 11.0. The van der Waals surface area contributed by atoms with Gasteiger partial charge in [-0.2, -0.15) is 0 Å². The number of pyridine rings is 1. The number of amides is 1. The van der Waals surface area contributed by atoms with E-state index < -0.39 is 0 Å². The van der Waals surface area contributed by atoms with Gasteiger partial charge in [0.2, 0.25) is 5.91 Å². The number of anilines is 1. The van der Waals surface area contributed by atoms with Crippen LogP contribution >= 0.6 is 0 Å². The molecule has 0 unspecified atom stereocenters. The van der Waals surface area contributed by atoms with Crippen LogP contribution in [0.2, 0.25) is 0 Å². The molecule has 0 aliphatic rings. The second-order valence-electron chi connectivity index (χ2n) is 6.28. The molecule has 2 N–H and O–H groups in total. The fourth-order valence-electron chi connectivity index (χ4n) is 3.11. The number of nitrogens with one attached hydrogen (secondary N) is 2. The zero-order chi connectivity index (χ0) is 18.1. The monoisotopic (exact) mass is 338 g/mol. The van der Waals surface area contributed by atoms with Crippen LogP contribution < -0.4 is 10.9 Å². The van der Waals surface area contributed by atoms with Crippen molar-refractivity contribution in [2.75, 3.05) is 5.32 Å². The maximum Gasteiger partial charge on any atom is 0.276 e. The molecule has 1 aromatic carbocycles. The second kappa shape index (κ2) is 6.55. The van der Waals surface area contributed by atoms with Gasteiger partial charge < -0.3 is 5.32 Å². The molecule has 0 radical (unpaired) electrons. The van der Waals surface area contributed by atoms with Crippen LogP contribution in [-0.4, -0.2) is 20.7 Å². The Morgan fingerprint density at radius 1 is 1.32 bits per heavy atom. The van der Waals surface area contributed by atoms with Crippen molar-refractivity contribution in [1.29, 1.82) is 0 Å². The molecule has 0 atom stereocenters. The summed E-state index contributed by atoms with van der Waals surface area (Å²) in [6.45, 7) is 5.80. The summed E-state index contributed by atoms with van der Waals surface area (Å²) >= 11 is 0. The van der Waals surface area contributed by atoms with Crippen LogP contribution in [0.1, 0.15) is 29.3 Å². The fourth-order valence-corrected chi connectivity index (χ4v) is 3.11.